The van der Waals surface area contributed by atoms with Gasteiger partial charge in [-0.25, -0.2) is 4.79 Å². The number of nitrogens with zero attached hydrogens (tertiary/aromatic N) is 1. The van der Waals surface area contributed by atoms with Crippen molar-refractivity contribution >= 4 is 23.5 Å². The van der Waals surface area contributed by atoms with Crippen molar-refractivity contribution in [2.75, 3.05) is 25.0 Å². The number of nitrogens with one attached hydrogen (secondary N) is 1. The highest BCUT2D eigenvalue weighted by molar-refractivity contribution is 8.00. The highest BCUT2D eigenvalue weighted by Gasteiger charge is 2.35. The van der Waals surface area contributed by atoms with E-state index in [2.05, 4.69) is 48.3 Å². The summed E-state index contributed by atoms with van der Waals surface area (Å²) in [5, 5.41) is 3.04. The molecule has 2 atom stereocenters. The van der Waals surface area contributed by atoms with Crippen molar-refractivity contribution in [1.29, 1.82) is 0 Å². The minimum Gasteiger partial charge on any atom is -0.443 e. The van der Waals surface area contributed by atoms with Gasteiger partial charge in [-0.1, -0.05) is 42.8 Å². The standard InChI is InChI=1S/C20H24N2O2S/c1-3-22-13-18(24-20(23)21-16-7-5-4-6-8-16)19(14-22)25-17-11-9-15(2)10-12-17/h4-12,18-19H,3,13-14H2,1-2H3,(H,21,23)/t18-,19-/m0/s1. The van der Waals surface area contributed by atoms with Crippen LogP contribution in [0.1, 0.15) is 12.5 Å². The number of aryl methyl sites for hydroxylation is 1. The van der Waals surface area contributed by atoms with Gasteiger partial charge in [0.2, 0.25) is 0 Å². The van der Waals surface area contributed by atoms with Gasteiger partial charge in [-0.05, 0) is 37.7 Å². The average molecular weight is 356 g/mol. The maximum absolute atomic E-state index is 12.2. The fourth-order valence-electron chi connectivity index (χ4n) is 2.90. The van der Waals surface area contributed by atoms with E-state index in [4.69, 9.17) is 4.74 Å². The third kappa shape index (κ3) is 5.00. The first-order valence-corrected chi connectivity index (χ1v) is 9.50. The highest BCUT2D eigenvalue weighted by atomic mass is 32.2. The van der Waals surface area contributed by atoms with Crippen LogP contribution in [0.5, 0.6) is 0 Å². The summed E-state index contributed by atoms with van der Waals surface area (Å²) in [6, 6.07) is 17.9. The molecule has 1 aliphatic rings. The summed E-state index contributed by atoms with van der Waals surface area (Å²) >= 11 is 1.79. The van der Waals surface area contributed by atoms with Gasteiger partial charge in [0, 0.05) is 23.7 Å². The van der Waals surface area contributed by atoms with E-state index in [0.717, 1.165) is 25.3 Å². The Morgan fingerprint density at radius 1 is 1.16 bits per heavy atom. The first-order valence-electron chi connectivity index (χ1n) is 8.62. The van der Waals surface area contributed by atoms with Crippen LogP contribution in [-0.2, 0) is 4.74 Å². The summed E-state index contributed by atoms with van der Waals surface area (Å²) < 4.78 is 5.74. The minimum absolute atomic E-state index is 0.116. The van der Waals surface area contributed by atoms with E-state index in [1.807, 2.05) is 30.3 Å². The molecule has 132 valence electrons. The molecule has 4 nitrogen and oxygen atoms in total. The van der Waals surface area contributed by atoms with E-state index in [1.54, 1.807) is 11.8 Å². The summed E-state index contributed by atoms with van der Waals surface area (Å²) in [5.41, 5.74) is 2.00. The number of anilines is 1. The van der Waals surface area contributed by atoms with Gasteiger partial charge >= 0.3 is 6.09 Å². The molecule has 0 aliphatic carbocycles. The quantitative estimate of drug-likeness (QED) is 0.862. The minimum atomic E-state index is -0.386. The maximum Gasteiger partial charge on any atom is 0.411 e. The SMILES string of the molecule is CCN1C[C@H](OC(=O)Nc2ccccc2)[C@@H](Sc2ccc(C)cc2)C1. The summed E-state index contributed by atoms with van der Waals surface area (Å²) in [6.45, 7) is 6.90. The number of carbonyl (C=O) groups excluding carboxylic acids is 1. The Hall–Kier alpha value is -1.98. The van der Waals surface area contributed by atoms with Crippen LogP contribution in [0.3, 0.4) is 0 Å². The van der Waals surface area contributed by atoms with Gasteiger partial charge in [0.15, 0.2) is 0 Å². The molecule has 1 aliphatic heterocycles. The Morgan fingerprint density at radius 2 is 1.88 bits per heavy atom. The highest BCUT2D eigenvalue weighted by Crippen LogP contribution is 2.31. The fourth-order valence-corrected chi connectivity index (χ4v) is 4.12. The maximum atomic E-state index is 12.2. The van der Waals surface area contributed by atoms with Crippen molar-refractivity contribution < 1.29 is 9.53 Å². The Morgan fingerprint density at radius 3 is 2.56 bits per heavy atom. The first-order chi connectivity index (χ1) is 12.1. The number of amides is 1. The van der Waals surface area contributed by atoms with Crippen LogP contribution in [0.4, 0.5) is 10.5 Å². The number of carbonyl (C=O) groups is 1. The molecule has 1 fully saturated rings. The lowest BCUT2D eigenvalue weighted by atomic mass is 10.2. The molecule has 1 amide bonds. The lowest BCUT2D eigenvalue weighted by molar-refractivity contribution is 0.116. The zero-order valence-corrected chi connectivity index (χ0v) is 15.5. The summed E-state index contributed by atoms with van der Waals surface area (Å²) in [7, 11) is 0. The lowest BCUT2D eigenvalue weighted by Gasteiger charge is -2.19. The molecule has 1 saturated heterocycles. The van der Waals surface area contributed by atoms with E-state index in [9.17, 15) is 4.79 Å². The summed E-state index contributed by atoms with van der Waals surface area (Å²) in [4.78, 5) is 15.8. The Kier molecular flexibility index (Phi) is 6.00. The van der Waals surface area contributed by atoms with Crippen LogP contribution in [0, 0.1) is 6.92 Å². The molecule has 1 N–H and O–H groups in total. The number of likely N-dealkylation sites (tertiary alicyclic amines) is 1. The molecule has 2 aromatic carbocycles. The molecule has 0 radical (unpaired) electrons. The number of hydrogen-bond donors (Lipinski definition) is 1. The van der Waals surface area contributed by atoms with Gasteiger partial charge in [0.05, 0.1) is 5.25 Å². The van der Waals surface area contributed by atoms with Crippen molar-refractivity contribution in [1.82, 2.24) is 4.90 Å². The van der Waals surface area contributed by atoms with E-state index < -0.39 is 0 Å². The Labute approximate surface area is 153 Å². The number of rotatable bonds is 5. The number of benzene rings is 2. The van der Waals surface area contributed by atoms with Crippen molar-refractivity contribution in [3.63, 3.8) is 0 Å². The van der Waals surface area contributed by atoms with E-state index >= 15 is 0 Å². The van der Waals surface area contributed by atoms with Crippen molar-refractivity contribution in [2.24, 2.45) is 0 Å². The molecule has 1 heterocycles. The summed E-state index contributed by atoms with van der Waals surface area (Å²) in [6.07, 6.45) is -0.501. The smallest absolute Gasteiger partial charge is 0.411 e. The van der Waals surface area contributed by atoms with E-state index in [-0.39, 0.29) is 17.4 Å². The molecular weight excluding hydrogens is 332 g/mol. The molecule has 5 heteroatoms. The monoisotopic (exact) mass is 356 g/mol. The second kappa shape index (κ2) is 8.41. The topological polar surface area (TPSA) is 41.6 Å². The number of thioether (sulfide) groups is 1. The molecule has 0 spiro atoms. The van der Waals surface area contributed by atoms with Crippen LogP contribution >= 0.6 is 11.8 Å². The third-order valence-corrected chi connectivity index (χ3v) is 5.62. The zero-order valence-electron chi connectivity index (χ0n) is 14.6. The zero-order chi connectivity index (χ0) is 17.6. The van der Waals surface area contributed by atoms with E-state index in [0.29, 0.717) is 0 Å². The number of ether oxygens (including phenoxy) is 1. The first kappa shape index (κ1) is 17.8. The molecule has 3 rings (SSSR count). The molecule has 2 aromatic rings. The molecule has 0 saturated carbocycles. The predicted molar refractivity (Wildman–Crippen MR) is 103 cm³/mol. The number of para-hydroxylation sites is 1. The second-order valence-corrected chi connectivity index (χ2v) is 7.57. The largest absolute Gasteiger partial charge is 0.443 e. The second-order valence-electron chi connectivity index (χ2n) is 6.26. The van der Waals surface area contributed by atoms with Gasteiger partial charge < -0.3 is 4.74 Å². The van der Waals surface area contributed by atoms with Crippen molar-refractivity contribution in [3.8, 4) is 0 Å². The molecule has 0 aromatic heterocycles. The van der Waals surface area contributed by atoms with Crippen LogP contribution in [0.2, 0.25) is 0 Å². The lowest BCUT2D eigenvalue weighted by Crippen LogP contribution is -2.30. The fraction of sp³-hybridized carbons (Fsp3) is 0.350. The van der Waals surface area contributed by atoms with Gasteiger partial charge in [0.25, 0.3) is 0 Å². The van der Waals surface area contributed by atoms with Crippen molar-refractivity contribution in [2.45, 2.75) is 30.1 Å². The molecule has 25 heavy (non-hydrogen) atoms. The van der Waals surface area contributed by atoms with Gasteiger partial charge in [-0.15, -0.1) is 11.8 Å². The summed E-state index contributed by atoms with van der Waals surface area (Å²) in [5.74, 6) is 0. The van der Waals surface area contributed by atoms with Crippen LogP contribution in [-0.4, -0.2) is 42.0 Å². The number of likely N-dealkylation sites (N-methyl/N-ethyl adjacent to an activating group) is 1. The molecule has 0 bridgehead atoms. The van der Waals surface area contributed by atoms with Gasteiger partial charge in [-0.2, -0.15) is 0 Å². The van der Waals surface area contributed by atoms with E-state index in [1.165, 1.54) is 10.5 Å². The number of hydrogen-bond acceptors (Lipinski definition) is 4. The Bertz CT molecular complexity index is 691. The Balaban J connectivity index is 1.62. The van der Waals surface area contributed by atoms with Gasteiger partial charge in [0.1, 0.15) is 6.10 Å². The average Bonchev–Trinajstić information content (AvgIpc) is 2.99. The van der Waals surface area contributed by atoms with Crippen molar-refractivity contribution in [3.05, 3.63) is 60.2 Å². The normalized spacial score (nSPS) is 20.4. The molecule has 0 unspecified atom stereocenters. The van der Waals surface area contributed by atoms with Crippen LogP contribution in [0.15, 0.2) is 59.5 Å². The van der Waals surface area contributed by atoms with Crippen LogP contribution < -0.4 is 5.32 Å². The third-order valence-electron chi connectivity index (χ3n) is 4.33. The van der Waals surface area contributed by atoms with Crippen LogP contribution in [0.25, 0.3) is 0 Å². The molecular formula is C20H24N2O2S. The van der Waals surface area contributed by atoms with Gasteiger partial charge in [-0.3, -0.25) is 10.2 Å². The predicted octanol–water partition coefficient (Wildman–Crippen LogP) is 4.41.